The number of Topliss-reactive ketones (excluding diaryl/α,β-unsaturated/α-hetero) is 1. The van der Waals surface area contributed by atoms with Crippen LogP contribution in [0.15, 0.2) is 41.6 Å². The zero-order chi connectivity index (χ0) is 20.4. The minimum atomic E-state index is 0.113. The zero-order valence-corrected chi connectivity index (χ0v) is 17.9. The predicted molar refractivity (Wildman–Crippen MR) is 114 cm³/mol. The second-order valence-corrected chi connectivity index (χ2v) is 8.39. The van der Waals surface area contributed by atoms with Crippen molar-refractivity contribution in [2.75, 3.05) is 12.4 Å². The number of carbonyl (C=O) groups excluding carboxylic acids is 1. The van der Waals surface area contributed by atoms with Gasteiger partial charge in [-0.3, -0.25) is 9.36 Å². The lowest BCUT2D eigenvalue weighted by Crippen LogP contribution is -2.17. The maximum atomic E-state index is 13.0. The summed E-state index contributed by atoms with van der Waals surface area (Å²) in [6, 6.07) is 12.0. The van der Waals surface area contributed by atoms with E-state index in [1.54, 1.807) is 0 Å². The molecule has 1 atom stereocenters. The van der Waals surface area contributed by atoms with Crippen LogP contribution < -0.4 is 0 Å². The maximum Gasteiger partial charge on any atom is 0.196 e. The summed E-state index contributed by atoms with van der Waals surface area (Å²) in [6.45, 7) is 7.66. The lowest BCUT2D eigenvalue weighted by molar-refractivity contribution is 0.0957. The summed E-state index contributed by atoms with van der Waals surface area (Å²) >= 11 is 1.43. The SMILES string of the molecule is Cc1cc(C(=O)CSc2nnc(C)n2-c2ccccc2)c(C)n1C[C@H]1CCCO1. The molecule has 2 aromatic heterocycles. The van der Waals surface area contributed by atoms with E-state index in [1.807, 2.05) is 54.8 Å². The van der Waals surface area contributed by atoms with E-state index < -0.39 is 0 Å². The van der Waals surface area contributed by atoms with E-state index in [2.05, 4.69) is 21.7 Å². The first-order chi connectivity index (χ1) is 14.0. The Morgan fingerprint density at radius 3 is 2.72 bits per heavy atom. The summed E-state index contributed by atoms with van der Waals surface area (Å²) in [5.41, 5.74) is 3.91. The van der Waals surface area contributed by atoms with Gasteiger partial charge in [0.1, 0.15) is 5.82 Å². The highest BCUT2D eigenvalue weighted by atomic mass is 32.2. The fourth-order valence-electron chi connectivity index (χ4n) is 3.87. The molecule has 0 bridgehead atoms. The highest BCUT2D eigenvalue weighted by Crippen LogP contribution is 2.25. The molecule has 1 fully saturated rings. The number of para-hydroxylation sites is 1. The van der Waals surface area contributed by atoms with Crippen LogP contribution in [-0.4, -0.2) is 43.6 Å². The van der Waals surface area contributed by atoms with Gasteiger partial charge in [-0.1, -0.05) is 30.0 Å². The van der Waals surface area contributed by atoms with Gasteiger partial charge in [0.2, 0.25) is 0 Å². The van der Waals surface area contributed by atoms with E-state index in [9.17, 15) is 4.79 Å². The molecule has 0 unspecified atom stereocenters. The van der Waals surface area contributed by atoms with Crippen LogP contribution in [0.4, 0.5) is 0 Å². The lowest BCUT2D eigenvalue weighted by atomic mass is 10.2. The molecule has 152 valence electrons. The van der Waals surface area contributed by atoms with E-state index in [0.717, 1.165) is 59.6 Å². The Morgan fingerprint density at radius 1 is 1.21 bits per heavy atom. The number of benzene rings is 1. The fourth-order valence-corrected chi connectivity index (χ4v) is 4.76. The largest absolute Gasteiger partial charge is 0.376 e. The van der Waals surface area contributed by atoms with Crippen LogP contribution in [-0.2, 0) is 11.3 Å². The molecule has 0 spiro atoms. The van der Waals surface area contributed by atoms with E-state index in [1.165, 1.54) is 11.8 Å². The summed E-state index contributed by atoms with van der Waals surface area (Å²) in [7, 11) is 0. The Labute approximate surface area is 175 Å². The first kappa shape index (κ1) is 19.9. The van der Waals surface area contributed by atoms with Crippen LogP contribution in [0.1, 0.15) is 40.4 Å². The minimum Gasteiger partial charge on any atom is -0.376 e. The van der Waals surface area contributed by atoms with E-state index in [-0.39, 0.29) is 11.9 Å². The molecule has 0 N–H and O–H groups in total. The summed E-state index contributed by atoms with van der Waals surface area (Å²) in [5, 5.41) is 9.20. The first-order valence-electron chi connectivity index (χ1n) is 9.96. The fraction of sp³-hybridized carbons (Fsp3) is 0.409. The minimum absolute atomic E-state index is 0.113. The topological polar surface area (TPSA) is 61.9 Å². The van der Waals surface area contributed by atoms with Crippen molar-refractivity contribution >= 4 is 17.5 Å². The number of aryl methyl sites for hydroxylation is 2. The second kappa shape index (κ2) is 8.55. The smallest absolute Gasteiger partial charge is 0.196 e. The van der Waals surface area contributed by atoms with Gasteiger partial charge in [-0.25, -0.2) is 0 Å². The van der Waals surface area contributed by atoms with Gasteiger partial charge in [0.05, 0.1) is 11.9 Å². The number of hydrogen-bond donors (Lipinski definition) is 0. The van der Waals surface area contributed by atoms with Crippen molar-refractivity contribution in [1.82, 2.24) is 19.3 Å². The maximum absolute atomic E-state index is 13.0. The van der Waals surface area contributed by atoms with Crippen LogP contribution in [0.5, 0.6) is 0 Å². The number of nitrogens with zero attached hydrogens (tertiary/aromatic N) is 4. The average molecular weight is 411 g/mol. The Bertz CT molecular complexity index is 1000. The molecule has 3 heterocycles. The van der Waals surface area contributed by atoms with Crippen LogP contribution in [0, 0.1) is 20.8 Å². The Balaban J connectivity index is 1.49. The number of rotatable bonds is 7. The van der Waals surface area contributed by atoms with Gasteiger partial charge in [0, 0.05) is 35.8 Å². The Morgan fingerprint density at radius 2 is 2.00 bits per heavy atom. The molecule has 0 amide bonds. The van der Waals surface area contributed by atoms with Gasteiger partial charge >= 0.3 is 0 Å². The Kier molecular flexibility index (Phi) is 5.87. The quantitative estimate of drug-likeness (QED) is 0.433. The molecule has 7 heteroatoms. The number of ether oxygens (including phenoxy) is 1. The van der Waals surface area contributed by atoms with Crippen molar-refractivity contribution in [2.45, 2.75) is 51.4 Å². The van der Waals surface area contributed by atoms with Gasteiger partial charge in [0.25, 0.3) is 0 Å². The first-order valence-corrected chi connectivity index (χ1v) is 10.9. The summed E-state index contributed by atoms with van der Waals surface area (Å²) in [4.78, 5) is 13.0. The molecular formula is C22H26N4O2S. The third-order valence-corrected chi connectivity index (χ3v) is 6.36. The number of aromatic nitrogens is 4. The lowest BCUT2D eigenvalue weighted by Gasteiger charge is -2.14. The summed E-state index contributed by atoms with van der Waals surface area (Å²) in [6.07, 6.45) is 2.46. The molecule has 1 saturated heterocycles. The van der Waals surface area contributed by atoms with Crippen molar-refractivity contribution in [3.8, 4) is 5.69 Å². The van der Waals surface area contributed by atoms with Crippen LogP contribution in [0.2, 0.25) is 0 Å². The van der Waals surface area contributed by atoms with Gasteiger partial charge in [-0.15, -0.1) is 10.2 Å². The number of carbonyl (C=O) groups is 1. The van der Waals surface area contributed by atoms with Crippen molar-refractivity contribution in [3.05, 3.63) is 59.2 Å². The van der Waals surface area contributed by atoms with E-state index in [0.29, 0.717) is 5.75 Å². The average Bonchev–Trinajstić information content (AvgIpc) is 3.43. The molecule has 29 heavy (non-hydrogen) atoms. The standard InChI is InChI=1S/C22H26N4O2S/c1-15-12-20(16(2)25(15)13-19-10-7-11-28-19)21(27)14-29-22-24-23-17(3)26(22)18-8-5-4-6-9-18/h4-6,8-9,12,19H,7,10-11,13-14H2,1-3H3/t19-/m1/s1. The van der Waals surface area contributed by atoms with Gasteiger partial charge < -0.3 is 9.30 Å². The molecule has 0 saturated carbocycles. The third kappa shape index (κ3) is 4.16. The van der Waals surface area contributed by atoms with Gasteiger partial charge in [0.15, 0.2) is 10.9 Å². The van der Waals surface area contributed by atoms with Crippen LogP contribution in [0.3, 0.4) is 0 Å². The van der Waals surface area contributed by atoms with Gasteiger partial charge in [-0.05, 0) is 51.8 Å². The van der Waals surface area contributed by atoms with Crippen molar-refractivity contribution in [3.63, 3.8) is 0 Å². The molecule has 3 aromatic rings. The number of thioether (sulfide) groups is 1. The third-order valence-electron chi connectivity index (χ3n) is 5.43. The van der Waals surface area contributed by atoms with Crippen LogP contribution >= 0.6 is 11.8 Å². The molecule has 1 aromatic carbocycles. The molecule has 4 rings (SSSR count). The zero-order valence-electron chi connectivity index (χ0n) is 17.1. The highest BCUT2D eigenvalue weighted by Gasteiger charge is 2.22. The highest BCUT2D eigenvalue weighted by molar-refractivity contribution is 7.99. The van der Waals surface area contributed by atoms with E-state index >= 15 is 0 Å². The molecular weight excluding hydrogens is 384 g/mol. The summed E-state index contributed by atoms with van der Waals surface area (Å²) in [5.74, 6) is 1.25. The Hall–Kier alpha value is -2.38. The normalized spacial score (nSPS) is 16.4. The summed E-state index contributed by atoms with van der Waals surface area (Å²) < 4.78 is 9.97. The van der Waals surface area contributed by atoms with Gasteiger partial charge in [-0.2, -0.15) is 0 Å². The number of hydrogen-bond acceptors (Lipinski definition) is 5. The number of ketones is 1. The van der Waals surface area contributed by atoms with Crippen molar-refractivity contribution < 1.29 is 9.53 Å². The van der Waals surface area contributed by atoms with Crippen molar-refractivity contribution in [1.29, 1.82) is 0 Å². The van der Waals surface area contributed by atoms with Crippen molar-refractivity contribution in [2.24, 2.45) is 0 Å². The molecule has 1 aliphatic heterocycles. The molecule has 0 aliphatic carbocycles. The molecule has 0 radical (unpaired) electrons. The monoisotopic (exact) mass is 410 g/mol. The molecule has 6 nitrogen and oxygen atoms in total. The van der Waals surface area contributed by atoms with E-state index in [4.69, 9.17) is 4.74 Å². The second-order valence-electron chi connectivity index (χ2n) is 7.44. The molecule has 1 aliphatic rings. The predicted octanol–water partition coefficient (Wildman–Crippen LogP) is 4.15. The van der Waals surface area contributed by atoms with Crippen LogP contribution in [0.25, 0.3) is 5.69 Å².